The lowest BCUT2D eigenvalue weighted by Gasteiger charge is -2.32. The fourth-order valence-electron chi connectivity index (χ4n) is 7.75. The third-order valence-electron chi connectivity index (χ3n) is 8.64. The largest absolute Gasteiger partial charge is 0.376 e. The Bertz CT molecular complexity index is 516. The molecule has 2 nitrogen and oxygen atoms in total. The monoisotopic (exact) mass is 326 g/mol. The van der Waals surface area contributed by atoms with E-state index in [1.54, 1.807) is 0 Å². The van der Waals surface area contributed by atoms with E-state index in [1.165, 1.54) is 38.5 Å². The van der Waals surface area contributed by atoms with Crippen LogP contribution in [0.2, 0.25) is 0 Å². The van der Waals surface area contributed by atoms with Crippen LogP contribution in [0, 0.1) is 47.3 Å². The molecular weight excluding hydrogens is 296 g/mol. The summed E-state index contributed by atoms with van der Waals surface area (Å²) in [4.78, 5) is 0. The number of hydrogen-bond acceptors (Lipinski definition) is 2. The normalized spacial score (nSPS) is 55.7. The summed E-state index contributed by atoms with van der Waals surface area (Å²) in [6.07, 6.45) is 19.0. The van der Waals surface area contributed by atoms with Crippen LogP contribution in [0.1, 0.15) is 38.5 Å². The van der Waals surface area contributed by atoms with Crippen LogP contribution in [0.25, 0.3) is 0 Å². The van der Waals surface area contributed by atoms with Crippen molar-refractivity contribution in [2.24, 2.45) is 47.3 Å². The van der Waals surface area contributed by atoms with Crippen LogP contribution in [0.5, 0.6) is 0 Å². The number of hydrogen-bond donors (Lipinski definition) is 0. The first kappa shape index (κ1) is 14.6. The van der Waals surface area contributed by atoms with Crippen molar-refractivity contribution in [1.29, 1.82) is 0 Å². The summed E-state index contributed by atoms with van der Waals surface area (Å²) in [6, 6.07) is 0. The van der Waals surface area contributed by atoms with Gasteiger partial charge in [0.15, 0.2) is 0 Å². The molecule has 10 unspecified atom stereocenters. The summed E-state index contributed by atoms with van der Waals surface area (Å²) in [5.41, 5.74) is 0. The Kier molecular flexibility index (Phi) is 3.30. The average Bonchev–Trinajstić information content (AvgIpc) is 3.40. The van der Waals surface area contributed by atoms with Crippen LogP contribution in [-0.4, -0.2) is 25.4 Å². The molecule has 0 radical (unpaired) electrons. The minimum Gasteiger partial charge on any atom is -0.376 e. The van der Waals surface area contributed by atoms with E-state index in [0.717, 1.165) is 60.6 Å². The van der Waals surface area contributed by atoms with Crippen LogP contribution >= 0.6 is 0 Å². The van der Waals surface area contributed by atoms with Crippen molar-refractivity contribution in [1.82, 2.24) is 0 Å². The molecule has 0 aromatic carbocycles. The zero-order valence-corrected chi connectivity index (χ0v) is 14.6. The average molecular weight is 326 g/mol. The van der Waals surface area contributed by atoms with Gasteiger partial charge in [-0.1, -0.05) is 24.3 Å². The van der Waals surface area contributed by atoms with Gasteiger partial charge in [0.05, 0.1) is 25.4 Å². The van der Waals surface area contributed by atoms with Crippen molar-refractivity contribution >= 4 is 0 Å². The van der Waals surface area contributed by atoms with Crippen LogP contribution in [0.3, 0.4) is 0 Å². The Hall–Kier alpha value is -0.600. The molecule has 4 saturated carbocycles. The van der Waals surface area contributed by atoms with Crippen molar-refractivity contribution in [2.75, 3.05) is 13.2 Å². The number of fused-ring (bicyclic) bond motifs is 10. The van der Waals surface area contributed by atoms with Gasteiger partial charge in [-0.05, 0) is 85.9 Å². The summed E-state index contributed by atoms with van der Waals surface area (Å²) in [5, 5.41) is 0. The second-order valence-electron chi connectivity index (χ2n) is 9.42. The molecule has 24 heavy (non-hydrogen) atoms. The van der Waals surface area contributed by atoms with Crippen molar-refractivity contribution in [3.05, 3.63) is 24.3 Å². The van der Waals surface area contributed by atoms with Crippen LogP contribution in [0.15, 0.2) is 24.3 Å². The van der Waals surface area contributed by atoms with Crippen molar-refractivity contribution in [3.8, 4) is 0 Å². The molecule has 6 rings (SSSR count). The zero-order chi connectivity index (χ0) is 15.7. The molecule has 130 valence electrons. The van der Waals surface area contributed by atoms with Gasteiger partial charge in [-0.25, -0.2) is 0 Å². The SMILES string of the molecule is C1=CC2C(C1)C1CC(OCCOC3CC4CC3C3C=CCC43)C2C1. The molecule has 2 heteroatoms. The van der Waals surface area contributed by atoms with E-state index in [2.05, 4.69) is 24.3 Å². The van der Waals surface area contributed by atoms with Gasteiger partial charge in [0.2, 0.25) is 0 Å². The maximum absolute atomic E-state index is 6.30. The van der Waals surface area contributed by atoms with Crippen molar-refractivity contribution in [2.45, 2.75) is 50.7 Å². The molecule has 0 aliphatic heterocycles. The second kappa shape index (κ2) is 5.45. The van der Waals surface area contributed by atoms with Gasteiger partial charge in [-0.3, -0.25) is 0 Å². The van der Waals surface area contributed by atoms with Crippen LogP contribution in [0.4, 0.5) is 0 Å². The van der Waals surface area contributed by atoms with Gasteiger partial charge in [-0.15, -0.1) is 0 Å². The van der Waals surface area contributed by atoms with E-state index >= 15 is 0 Å². The number of ether oxygens (including phenoxy) is 2. The van der Waals surface area contributed by atoms with Gasteiger partial charge in [0, 0.05) is 0 Å². The summed E-state index contributed by atoms with van der Waals surface area (Å²) in [7, 11) is 0. The Morgan fingerprint density at radius 3 is 1.62 bits per heavy atom. The fraction of sp³-hybridized carbons (Fsp3) is 0.818. The van der Waals surface area contributed by atoms with E-state index < -0.39 is 0 Å². The maximum Gasteiger partial charge on any atom is 0.0704 e. The van der Waals surface area contributed by atoms with Gasteiger partial charge in [-0.2, -0.15) is 0 Å². The van der Waals surface area contributed by atoms with Gasteiger partial charge in [0.25, 0.3) is 0 Å². The lowest BCUT2D eigenvalue weighted by Crippen LogP contribution is -2.33. The smallest absolute Gasteiger partial charge is 0.0704 e. The molecule has 0 aromatic heterocycles. The topological polar surface area (TPSA) is 18.5 Å². The molecule has 0 saturated heterocycles. The zero-order valence-electron chi connectivity index (χ0n) is 14.6. The summed E-state index contributed by atoms with van der Waals surface area (Å²) < 4.78 is 12.6. The maximum atomic E-state index is 6.30. The van der Waals surface area contributed by atoms with Crippen molar-refractivity contribution in [3.63, 3.8) is 0 Å². The highest BCUT2D eigenvalue weighted by molar-refractivity contribution is 5.15. The Morgan fingerprint density at radius 1 is 0.625 bits per heavy atom. The highest BCUT2D eigenvalue weighted by atomic mass is 16.5. The lowest BCUT2D eigenvalue weighted by atomic mass is 9.80. The Morgan fingerprint density at radius 2 is 1.12 bits per heavy atom. The first-order valence-electron chi connectivity index (χ1n) is 10.4. The number of rotatable bonds is 5. The van der Waals surface area contributed by atoms with Gasteiger partial charge >= 0.3 is 0 Å². The second-order valence-corrected chi connectivity index (χ2v) is 9.42. The Balaban J connectivity index is 0.986. The first-order valence-corrected chi connectivity index (χ1v) is 10.4. The van der Waals surface area contributed by atoms with E-state index in [0.29, 0.717) is 12.2 Å². The molecule has 0 N–H and O–H groups in total. The van der Waals surface area contributed by atoms with E-state index in [1.807, 2.05) is 0 Å². The minimum atomic E-state index is 0.518. The molecule has 10 atom stereocenters. The molecule has 4 fully saturated rings. The summed E-state index contributed by atoms with van der Waals surface area (Å²) in [6.45, 7) is 1.62. The third-order valence-corrected chi connectivity index (χ3v) is 8.64. The lowest BCUT2D eigenvalue weighted by molar-refractivity contribution is -0.0642. The van der Waals surface area contributed by atoms with Crippen molar-refractivity contribution < 1.29 is 9.47 Å². The number of allylic oxidation sites excluding steroid dienone is 4. The van der Waals surface area contributed by atoms with Crippen LogP contribution < -0.4 is 0 Å². The van der Waals surface area contributed by atoms with Gasteiger partial charge < -0.3 is 9.47 Å². The summed E-state index contributed by atoms with van der Waals surface area (Å²) >= 11 is 0. The predicted octanol–water partition coefficient (Wildman–Crippen LogP) is 4.22. The van der Waals surface area contributed by atoms with E-state index in [9.17, 15) is 0 Å². The van der Waals surface area contributed by atoms with Crippen LogP contribution in [-0.2, 0) is 9.47 Å². The molecule has 6 aliphatic rings. The molecule has 0 spiro atoms. The van der Waals surface area contributed by atoms with E-state index in [4.69, 9.17) is 9.47 Å². The molecule has 0 amide bonds. The molecule has 0 heterocycles. The third kappa shape index (κ3) is 2.02. The van der Waals surface area contributed by atoms with Gasteiger partial charge in [0.1, 0.15) is 0 Å². The first-order chi connectivity index (χ1) is 11.9. The molecule has 6 aliphatic carbocycles. The highest BCUT2D eigenvalue weighted by Crippen LogP contribution is 2.58. The molecule has 4 bridgehead atoms. The Labute approximate surface area is 145 Å². The predicted molar refractivity (Wildman–Crippen MR) is 93.4 cm³/mol. The minimum absolute atomic E-state index is 0.518. The fourth-order valence-corrected chi connectivity index (χ4v) is 7.75. The highest BCUT2D eigenvalue weighted by Gasteiger charge is 2.54. The molecule has 0 aromatic rings. The quantitative estimate of drug-likeness (QED) is 0.556. The van der Waals surface area contributed by atoms with E-state index in [-0.39, 0.29) is 0 Å². The molecular formula is C22H30O2. The summed E-state index contributed by atoms with van der Waals surface area (Å²) in [5.74, 6) is 7.11. The standard InChI is InChI=1S/C22H30O2/c1-3-15-13-9-19(17(15)5-1)21(11-13)23-7-8-24-22-12-14-10-20(22)18-6-2-4-16(14)18/h1-2,5-6,13-22H,3-4,7-12H2.